The van der Waals surface area contributed by atoms with Crippen LogP contribution in [0.25, 0.3) is 0 Å². The molecule has 1 amide bonds. The largest absolute Gasteiger partial charge is 0.494 e. The number of anilines is 1. The minimum atomic E-state index is -0.204. The zero-order chi connectivity index (χ0) is 15.8. The van der Waals surface area contributed by atoms with Crippen molar-refractivity contribution in [2.24, 2.45) is 0 Å². The third kappa shape index (κ3) is 5.41. The molecule has 0 aromatic heterocycles. The summed E-state index contributed by atoms with van der Waals surface area (Å²) >= 11 is 3.35. The average molecular weight is 364 g/mol. The van der Waals surface area contributed by atoms with Crippen molar-refractivity contribution < 1.29 is 14.3 Å². The lowest BCUT2D eigenvalue weighted by Gasteiger charge is -2.09. The molecule has 22 heavy (non-hydrogen) atoms. The fraction of sp³-hybridized carbons (Fsp3) is 0.235. The van der Waals surface area contributed by atoms with Gasteiger partial charge in [0.05, 0.1) is 6.61 Å². The summed E-state index contributed by atoms with van der Waals surface area (Å²) in [4.78, 5) is 11.8. The van der Waals surface area contributed by atoms with Gasteiger partial charge in [0.15, 0.2) is 6.61 Å². The van der Waals surface area contributed by atoms with Gasteiger partial charge in [-0.25, -0.2) is 0 Å². The van der Waals surface area contributed by atoms with Gasteiger partial charge in [0.1, 0.15) is 11.5 Å². The molecule has 2 rings (SSSR count). The van der Waals surface area contributed by atoms with E-state index < -0.39 is 0 Å². The van der Waals surface area contributed by atoms with Crippen molar-refractivity contribution >= 4 is 27.5 Å². The van der Waals surface area contributed by atoms with Crippen molar-refractivity contribution in [3.63, 3.8) is 0 Å². The molecular formula is C17H18BrNO3. The Labute approximate surface area is 138 Å². The Balaban J connectivity index is 1.80. The maximum atomic E-state index is 11.8. The third-order valence-electron chi connectivity index (χ3n) is 2.79. The molecule has 0 saturated heterocycles. The predicted octanol–water partition coefficient (Wildman–Crippen LogP) is 4.26. The molecular weight excluding hydrogens is 346 g/mol. The first-order valence-electron chi connectivity index (χ1n) is 7.08. The SMILES string of the molecule is CCCOc1ccc(NC(=O)COc2ccc(Br)cc2)cc1. The number of amides is 1. The normalized spacial score (nSPS) is 10.1. The highest BCUT2D eigenvalue weighted by Gasteiger charge is 2.04. The minimum absolute atomic E-state index is 0.0320. The molecule has 0 heterocycles. The topological polar surface area (TPSA) is 47.6 Å². The van der Waals surface area contributed by atoms with Crippen LogP contribution in [-0.4, -0.2) is 19.1 Å². The fourth-order valence-electron chi connectivity index (χ4n) is 1.73. The fourth-order valence-corrected chi connectivity index (χ4v) is 2.00. The van der Waals surface area contributed by atoms with Crippen LogP contribution in [-0.2, 0) is 4.79 Å². The van der Waals surface area contributed by atoms with Crippen LogP contribution < -0.4 is 14.8 Å². The smallest absolute Gasteiger partial charge is 0.262 e. The lowest BCUT2D eigenvalue weighted by atomic mass is 10.3. The van der Waals surface area contributed by atoms with E-state index in [4.69, 9.17) is 9.47 Å². The highest BCUT2D eigenvalue weighted by Crippen LogP contribution is 2.17. The van der Waals surface area contributed by atoms with Crippen LogP contribution in [0.2, 0.25) is 0 Å². The summed E-state index contributed by atoms with van der Waals surface area (Å²) in [7, 11) is 0. The first-order chi connectivity index (χ1) is 10.7. The van der Waals surface area contributed by atoms with E-state index in [0.717, 1.165) is 16.6 Å². The Bertz CT molecular complexity index is 596. The Hall–Kier alpha value is -2.01. The summed E-state index contributed by atoms with van der Waals surface area (Å²) in [5.74, 6) is 1.25. The van der Waals surface area contributed by atoms with Crippen LogP contribution in [0, 0.1) is 0 Å². The standard InChI is InChI=1S/C17H18BrNO3/c1-2-11-21-15-9-5-14(6-10-15)19-17(20)12-22-16-7-3-13(18)4-8-16/h3-10H,2,11-12H2,1H3,(H,19,20). The van der Waals surface area contributed by atoms with Crippen molar-refractivity contribution in [1.29, 1.82) is 0 Å². The molecule has 0 aliphatic heterocycles. The molecule has 1 N–H and O–H groups in total. The molecule has 0 atom stereocenters. The lowest BCUT2D eigenvalue weighted by Crippen LogP contribution is -2.20. The van der Waals surface area contributed by atoms with E-state index in [1.54, 1.807) is 12.1 Å². The van der Waals surface area contributed by atoms with Crippen molar-refractivity contribution in [3.05, 3.63) is 53.0 Å². The van der Waals surface area contributed by atoms with Crippen LogP contribution in [0.1, 0.15) is 13.3 Å². The van der Waals surface area contributed by atoms with Gasteiger partial charge in [-0.05, 0) is 55.0 Å². The summed E-state index contributed by atoms with van der Waals surface area (Å²) in [6.45, 7) is 2.71. The van der Waals surface area contributed by atoms with Gasteiger partial charge < -0.3 is 14.8 Å². The summed E-state index contributed by atoms with van der Waals surface area (Å²) < 4.78 is 11.9. The quantitative estimate of drug-likeness (QED) is 0.799. The molecule has 0 unspecified atom stereocenters. The molecule has 0 bridgehead atoms. The van der Waals surface area contributed by atoms with E-state index in [1.807, 2.05) is 36.4 Å². The molecule has 0 radical (unpaired) electrons. The van der Waals surface area contributed by atoms with Gasteiger partial charge >= 0.3 is 0 Å². The van der Waals surface area contributed by atoms with Gasteiger partial charge in [-0.2, -0.15) is 0 Å². The van der Waals surface area contributed by atoms with Crippen molar-refractivity contribution in [1.82, 2.24) is 0 Å². The number of carbonyl (C=O) groups is 1. The van der Waals surface area contributed by atoms with Crippen LogP contribution in [0.3, 0.4) is 0 Å². The third-order valence-corrected chi connectivity index (χ3v) is 3.32. The number of rotatable bonds is 7. The van der Waals surface area contributed by atoms with E-state index in [0.29, 0.717) is 18.0 Å². The van der Waals surface area contributed by atoms with Crippen molar-refractivity contribution in [2.75, 3.05) is 18.5 Å². The summed E-state index contributed by atoms with van der Waals surface area (Å²) in [6, 6.07) is 14.6. The van der Waals surface area contributed by atoms with Crippen LogP contribution >= 0.6 is 15.9 Å². The van der Waals surface area contributed by atoms with Gasteiger partial charge in [-0.3, -0.25) is 4.79 Å². The highest BCUT2D eigenvalue weighted by molar-refractivity contribution is 9.10. The van der Waals surface area contributed by atoms with Gasteiger partial charge in [0.2, 0.25) is 0 Å². The monoisotopic (exact) mass is 363 g/mol. The van der Waals surface area contributed by atoms with Crippen molar-refractivity contribution in [2.45, 2.75) is 13.3 Å². The molecule has 116 valence electrons. The summed E-state index contributed by atoms with van der Waals surface area (Å²) in [5.41, 5.74) is 0.716. The number of ether oxygens (including phenoxy) is 2. The first-order valence-corrected chi connectivity index (χ1v) is 7.88. The number of carbonyl (C=O) groups excluding carboxylic acids is 1. The number of halogens is 1. The molecule has 0 saturated carbocycles. The molecule has 0 aliphatic rings. The lowest BCUT2D eigenvalue weighted by molar-refractivity contribution is -0.118. The molecule has 5 heteroatoms. The van der Waals surface area contributed by atoms with Crippen LogP contribution in [0.4, 0.5) is 5.69 Å². The van der Waals surface area contributed by atoms with E-state index in [9.17, 15) is 4.79 Å². The Morgan fingerprint density at radius 3 is 2.23 bits per heavy atom. The van der Waals surface area contributed by atoms with Crippen LogP contribution in [0.5, 0.6) is 11.5 Å². The molecule has 0 spiro atoms. The van der Waals surface area contributed by atoms with Gasteiger partial charge in [0, 0.05) is 10.2 Å². The first kappa shape index (κ1) is 16.4. The molecule has 0 fully saturated rings. The number of nitrogens with one attached hydrogen (secondary N) is 1. The second kappa shape index (κ2) is 8.44. The number of hydrogen-bond acceptors (Lipinski definition) is 3. The second-order valence-electron chi connectivity index (χ2n) is 4.66. The second-order valence-corrected chi connectivity index (χ2v) is 5.58. The number of hydrogen-bond donors (Lipinski definition) is 1. The maximum Gasteiger partial charge on any atom is 0.262 e. The minimum Gasteiger partial charge on any atom is -0.494 e. The van der Waals surface area contributed by atoms with Crippen LogP contribution in [0.15, 0.2) is 53.0 Å². The zero-order valence-electron chi connectivity index (χ0n) is 12.3. The Morgan fingerprint density at radius 2 is 1.59 bits per heavy atom. The summed E-state index contributed by atoms with van der Waals surface area (Å²) in [5, 5.41) is 2.78. The Morgan fingerprint density at radius 1 is 1.00 bits per heavy atom. The zero-order valence-corrected chi connectivity index (χ0v) is 13.9. The van der Waals surface area contributed by atoms with Crippen molar-refractivity contribution in [3.8, 4) is 11.5 Å². The van der Waals surface area contributed by atoms with E-state index >= 15 is 0 Å². The van der Waals surface area contributed by atoms with Gasteiger partial charge in [-0.1, -0.05) is 22.9 Å². The Kier molecular flexibility index (Phi) is 6.27. The van der Waals surface area contributed by atoms with E-state index in [1.165, 1.54) is 0 Å². The highest BCUT2D eigenvalue weighted by atomic mass is 79.9. The molecule has 2 aromatic carbocycles. The molecule has 4 nitrogen and oxygen atoms in total. The van der Waals surface area contributed by atoms with Gasteiger partial charge in [-0.15, -0.1) is 0 Å². The summed E-state index contributed by atoms with van der Waals surface area (Å²) in [6.07, 6.45) is 0.964. The van der Waals surface area contributed by atoms with Gasteiger partial charge in [0.25, 0.3) is 5.91 Å². The molecule has 0 aliphatic carbocycles. The number of benzene rings is 2. The predicted molar refractivity (Wildman–Crippen MR) is 90.5 cm³/mol. The average Bonchev–Trinajstić information content (AvgIpc) is 2.54. The van der Waals surface area contributed by atoms with E-state index in [2.05, 4.69) is 28.2 Å². The molecule has 2 aromatic rings. The van der Waals surface area contributed by atoms with E-state index in [-0.39, 0.29) is 12.5 Å². The maximum absolute atomic E-state index is 11.8.